The van der Waals surface area contributed by atoms with Crippen LogP contribution in [0.5, 0.6) is 0 Å². The van der Waals surface area contributed by atoms with E-state index >= 15 is 0 Å². The van der Waals surface area contributed by atoms with E-state index in [1.54, 1.807) is 17.7 Å². The van der Waals surface area contributed by atoms with Crippen molar-refractivity contribution < 1.29 is 4.79 Å². The van der Waals surface area contributed by atoms with Crippen molar-refractivity contribution in [3.63, 3.8) is 0 Å². The van der Waals surface area contributed by atoms with Crippen LogP contribution >= 0.6 is 11.3 Å². The van der Waals surface area contributed by atoms with E-state index in [2.05, 4.69) is 11.9 Å². The summed E-state index contributed by atoms with van der Waals surface area (Å²) < 4.78 is 1.53. The van der Waals surface area contributed by atoms with Crippen LogP contribution in [0.15, 0.2) is 11.1 Å². The molecule has 2 aliphatic carbocycles. The Morgan fingerprint density at radius 1 is 1.30 bits per heavy atom. The van der Waals surface area contributed by atoms with Gasteiger partial charge in [0.15, 0.2) is 0 Å². The second kappa shape index (κ2) is 7.74. The lowest BCUT2D eigenvalue weighted by Crippen LogP contribution is -2.44. The number of amides is 1. The maximum absolute atomic E-state index is 13.1. The van der Waals surface area contributed by atoms with Crippen molar-refractivity contribution in [3.8, 4) is 0 Å². The van der Waals surface area contributed by atoms with Crippen molar-refractivity contribution in [2.45, 2.75) is 77.8 Å². The van der Waals surface area contributed by atoms with Crippen molar-refractivity contribution >= 4 is 27.5 Å². The summed E-state index contributed by atoms with van der Waals surface area (Å²) in [4.78, 5) is 34.7. The zero-order chi connectivity index (χ0) is 19.0. The van der Waals surface area contributed by atoms with Gasteiger partial charge in [-0.25, -0.2) is 4.98 Å². The van der Waals surface area contributed by atoms with Gasteiger partial charge >= 0.3 is 0 Å². The molecule has 5 nitrogen and oxygen atoms in total. The third-order valence-corrected chi connectivity index (χ3v) is 7.43. The van der Waals surface area contributed by atoms with Crippen LogP contribution in [-0.2, 0) is 24.2 Å². The lowest BCUT2D eigenvalue weighted by atomic mass is 9.89. The molecule has 2 aliphatic rings. The second-order valence-corrected chi connectivity index (χ2v) is 9.26. The van der Waals surface area contributed by atoms with Gasteiger partial charge in [0.1, 0.15) is 11.4 Å². The van der Waals surface area contributed by atoms with E-state index in [0.717, 1.165) is 42.3 Å². The fourth-order valence-electron chi connectivity index (χ4n) is 4.75. The maximum Gasteiger partial charge on any atom is 0.262 e. The van der Waals surface area contributed by atoms with Gasteiger partial charge in [-0.3, -0.25) is 14.2 Å². The molecule has 0 spiro atoms. The summed E-state index contributed by atoms with van der Waals surface area (Å²) in [6, 6.07) is 0.332. The third-order valence-electron chi connectivity index (χ3n) is 6.26. The average molecular weight is 388 g/mol. The molecule has 4 rings (SSSR count). The highest BCUT2D eigenvalue weighted by atomic mass is 32.1. The number of hydrogen-bond donors (Lipinski definition) is 0. The number of rotatable bonds is 4. The Morgan fingerprint density at radius 3 is 2.81 bits per heavy atom. The minimum atomic E-state index is -0.0416. The highest BCUT2D eigenvalue weighted by Crippen LogP contribution is 2.35. The zero-order valence-corrected chi connectivity index (χ0v) is 17.2. The predicted molar refractivity (Wildman–Crippen MR) is 109 cm³/mol. The van der Waals surface area contributed by atoms with Crippen LogP contribution < -0.4 is 5.56 Å². The Hall–Kier alpha value is -1.69. The number of carbonyl (C=O) groups is 1. The molecule has 1 fully saturated rings. The van der Waals surface area contributed by atoms with Crippen molar-refractivity contribution in [2.75, 3.05) is 6.54 Å². The smallest absolute Gasteiger partial charge is 0.262 e. The third kappa shape index (κ3) is 3.56. The van der Waals surface area contributed by atoms with Crippen molar-refractivity contribution in [2.24, 2.45) is 5.92 Å². The molecule has 6 heteroatoms. The van der Waals surface area contributed by atoms with Crippen LogP contribution in [-0.4, -0.2) is 32.9 Å². The number of carbonyl (C=O) groups excluding carboxylic acids is 1. The molecule has 146 valence electrons. The van der Waals surface area contributed by atoms with Gasteiger partial charge in [-0.15, -0.1) is 11.3 Å². The first-order valence-corrected chi connectivity index (χ1v) is 11.2. The monoisotopic (exact) mass is 387 g/mol. The number of likely N-dealkylation sites (N-methyl/N-ethyl adjacent to an activating group) is 1. The quantitative estimate of drug-likeness (QED) is 0.802. The lowest BCUT2D eigenvalue weighted by molar-refractivity contribution is -0.134. The summed E-state index contributed by atoms with van der Waals surface area (Å²) in [6.45, 7) is 5.11. The molecule has 0 N–H and O–H groups in total. The largest absolute Gasteiger partial charge is 0.338 e. The summed E-state index contributed by atoms with van der Waals surface area (Å²) in [6.07, 6.45) is 10.5. The van der Waals surface area contributed by atoms with Crippen LogP contribution in [0.4, 0.5) is 0 Å². The summed E-state index contributed by atoms with van der Waals surface area (Å²) in [5.74, 6) is 0.716. The summed E-state index contributed by atoms with van der Waals surface area (Å²) >= 11 is 1.66. The number of fused-ring (bicyclic) bond motifs is 3. The first-order valence-electron chi connectivity index (χ1n) is 10.4. The number of nitrogens with zero attached hydrogens (tertiary/aromatic N) is 3. The van der Waals surface area contributed by atoms with Gasteiger partial charge < -0.3 is 4.90 Å². The number of thiophene rings is 1. The van der Waals surface area contributed by atoms with Crippen LogP contribution in [0.1, 0.15) is 62.8 Å². The van der Waals surface area contributed by atoms with E-state index in [-0.39, 0.29) is 18.0 Å². The molecule has 0 saturated heterocycles. The molecule has 0 bridgehead atoms. The van der Waals surface area contributed by atoms with Crippen molar-refractivity contribution in [3.05, 3.63) is 27.1 Å². The van der Waals surface area contributed by atoms with E-state index < -0.39 is 0 Å². The van der Waals surface area contributed by atoms with Crippen molar-refractivity contribution in [1.82, 2.24) is 14.5 Å². The molecule has 1 unspecified atom stereocenters. The fraction of sp³-hybridized carbons (Fsp3) is 0.667. The molecule has 0 radical (unpaired) electrons. The molecule has 2 aromatic rings. The van der Waals surface area contributed by atoms with E-state index in [0.29, 0.717) is 18.5 Å². The molecule has 0 aromatic carbocycles. The Bertz CT molecular complexity index is 895. The summed E-state index contributed by atoms with van der Waals surface area (Å²) in [7, 11) is 0. The highest BCUT2D eigenvalue weighted by Gasteiger charge is 2.26. The van der Waals surface area contributed by atoms with Gasteiger partial charge in [0, 0.05) is 17.5 Å². The van der Waals surface area contributed by atoms with Gasteiger partial charge in [-0.05, 0) is 50.5 Å². The minimum Gasteiger partial charge on any atom is -0.338 e. The summed E-state index contributed by atoms with van der Waals surface area (Å²) in [5, 5.41) is 0.762. The Balaban J connectivity index is 1.61. The Morgan fingerprint density at radius 2 is 2.07 bits per heavy atom. The lowest BCUT2D eigenvalue weighted by Gasteiger charge is -2.33. The maximum atomic E-state index is 13.1. The molecule has 2 heterocycles. The standard InChI is InChI=1S/C21H29N3O2S/c1-3-24(15-7-5-4-6-8-15)18(25)12-23-13-22-20-19(21(23)26)16-10-9-14(2)11-17(16)27-20/h13-15H,3-12H2,1-2H3. The molecule has 27 heavy (non-hydrogen) atoms. The van der Waals surface area contributed by atoms with Gasteiger partial charge in [0.05, 0.1) is 11.7 Å². The summed E-state index contributed by atoms with van der Waals surface area (Å²) in [5.41, 5.74) is 1.15. The molecule has 1 atom stereocenters. The Kier molecular flexibility index (Phi) is 5.35. The van der Waals surface area contributed by atoms with Gasteiger partial charge in [-0.2, -0.15) is 0 Å². The zero-order valence-electron chi connectivity index (χ0n) is 16.4. The molecular formula is C21H29N3O2S. The molecule has 1 amide bonds. The van der Waals surface area contributed by atoms with E-state index in [9.17, 15) is 9.59 Å². The Labute approximate surface area is 164 Å². The van der Waals surface area contributed by atoms with Crippen molar-refractivity contribution in [1.29, 1.82) is 0 Å². The van der Waals surface area contributed by atoms with E-state index in [4.69, 9.17) is 0 Å². The fourth-order valence-corrected chi connectivity index (χ4v) is 6.09. The van der Waals surface area contributed by atoms with Gasteiger partial charge in [-0.1, -0.05) is 26.2 Å². The SMILES string of the molecule is CCN(C(=O)Cn1cnc2sc3c(c2c1=O)CCC(C)C3)C1CCCCC1. The van der Waals surface area contributed by atoms with Gasteiger partial charge in [0.2, 0.25) is 5.91 Å². The number of aryl methyl sites for hydroxylation is 1. The average Bonchev–Trinajstić information content (AvgIpc) is 3.03. The van der Waals surface area contributed by atoms with E-state index in [1.165, 1.54) is 34.3 Å². The van der Waals surface area contributed by atoms with Gasteiger partial charge in [0.25, 0.3) is 5.56 Å². The second-order valence-electron chi connectivity index (χ2n) is 8.18. The van der Waals surface area contributed by atoms with Crippen LogP contribution in [0, 0.1) is 5.92 Å². The molecular weight excluding hydrogens is 358 g/mol. The van der Waals surface area contributed by atoms with E-state index in [1.807, 2.05) is 11.8 Å². The van der Waals surface area contributed by atoms with Crippen LogP contribution in [0.25, 0.3) is 10.2 Å². The van der Waals surface area contributed by atoms with Crippen LogP contribution in [0.2, 0.25) is 0 Å². The minimum absolute atomic E-state index is 0.0416. The number of hydrogen-bond acceptors (Lipinski definition) is 4. The first-order chi connectivity index (χ1) is 13.1. The molecule has 2 aromatic heterocycles. The molecule has 1 saturated carbocycles. The topological polar surface area (TPSA) is 55.2 Å². The first kappa shape index (κ1) is 18.7. The predicted octanol–water partition coefficient (Wildman–Crippen LogP) is 3.76. The molecule has 0 aliphatic heterocycles. The van der Waals surface area contributed by atoms with Crippen LogP contribution in [0.3, 0.4) is 0 Å². The highest BCUT2D eigenvalue weighted by molar-refractivity contribution is 7.18. The number of aromatic nitrogens is 2. The normalized spacial score (nSPS) is 20.6.